The molecule has 1 aromatic heterocycles. The number of rotatable bonds is 4. The molecule has 3 N–H and O–H groups in total. The molecule has 0 spiro atoms. The van der Waals surface area contributed by atoms with Crippen molar-refractivity contribution in [2.45, 2.75) is 11.8 Å². The lowest BCUT2D eigenvalue weighted by molar-refractivity contribution is 1.29. The van der Waals surface area contributed by atoms with Gasteiger partial charge < -0.3 is 10.5 Å². The van der Waals surface area contributed by atoms with E-state index >= 15 is 0 Å². The highest BCUT2D eigenvalue weighted by Gasteiger charge is 2.07. The van der Waals surface area contributed by atoms with Crippen molar-refractivity contribution >= 4 is 46.8 Å². The Morgan fingerprint density at radius 2 is 2.05 bits per heavy atom. The van der Waals surface area contributed by atoms with Gasteiger partial charge in [0.2, 0.25) is 0 Å². The lowest BCUT2D eigenvalue weighted by Gasteiger charge is -2.09. The topological polar surface area (TPSA) is 50.9 Å². The van der Waals surface area contributed by atoms with Gasteiger partial charge in [-0.05, 0) is 37.1 Å². The Balaban J connectivity index is 2.19. The summed E-state index contributed by atoms with van der Waals surface area (Å²) in [7, 11) is 0. The number of halogens is 1. The largest absolute Gasteiger partial charge is 0.401 e. The number of nitrogens with zero attached hydrogens (tertiary/aromatic N) is 1. The molecule has 2 aromatic rings. The van der Waals surface area contributed by atoms with Crippen molar-refractivity contribution in [2.75, 3.05) is 4.72 Å². The van der Waals surface area contributed by atoms with Crippen LogP contribution in [0.3, 0.4) is 0 Å². The van der Waals surface area contributed by atoms with E-state index in [4.69, 9.17) is 17.3 Å². The summed E-state index contributed by atoms with van der Waals surface area (Å²) in [4.78, 5) is 5.93. The summed E-state index contributed by atoms with van der Waals surface area (Å²) >= 11 is 11.9. The Bertz CT molecular complexity index is 626. The van der Waals surface area contributed by atoms with Crippen LogP contribution in [0, 0.1) is 0 Å². The van der Waals surface area contributed by atoms with Crippen molar-refractivity contribution in [1.29, 1.82) is 0 Å². The minimum absolute atomic E-state index is 0.410. The fraction of sp³-hybridized carbons (Fsp3) is 0.0714. The SMILES string of the molecule is C/C(N)=C(/S)c1cnc(Cl)c(NSc2ccccc2)c1. The number of hydrogen-bond donors (Lipinski definition) is 3. The number of thiol groups is 1. The Morgan fingerprint density at radius 1 is 1.35 bits per heavy atom. The van der Waals surface area contributed by atoms with Crippen molar-refractivity contribution in [2.24, 2.45) is 5.73 Å². The minimum atomic E-state index is 0.410. The molecule has 0 saturated heterocycles. The predicted molar refractivity (Wildman–Crippen MR) is 90.9 cm³/mol. The van der Waals surface area contributed by atoms with Gasteiger partial charge in [0.15, 0.2) is 5.15 Å². The normalized spacial score (nSPS) is 11.9. The first-order valence-corrected chi connectivity index (χ1v) is 7.51. The third-order valence-electron chi connectivity index (χ3n) is 2.51. The molecule has 0 aliphatic rings. The lowest BCUT2D eigenvalue weighted by Crippen LogP contribution is -1.96. The summed E-state index contributed by atoms with van der Waals surface area (Å²) in [5.74, 6) is 0. The fourth-order valence-electron chi connectivity index (χ4n) is 1.48. The van der Waals surface area contributed by atoms with E-state index in [1.54, 1.807) is 13.1 Å². The Kier molecular flexibility index (Phi) is 5.23. The minimum Gasteiger partial charge on any atom is -0.401 e. The first kappa shape index (κ1) is 15.1. The van der Waals surface area contributed by atoms with E-state index < -0.39 is 0 Å². The summed E-state index contributed by atoms with van der Waals surface area (Å²) in [5, 5.41) is 0.410. The number of nitrogens with two attached hydrogens (primary N) is 1. The number of anilines is 1. The molecular weight excluding hydrogens is 310 g/mol. The molecule has 3 nitrogen and oxygen atoms in total. The van der Waals surface area contributed by atoms with Gasteiger partial charge in [-0.15, -0.1) is 12.6 Å². The van der Waals surface area contributed by atoms with Gasteiger partial charge in [0.25, 0.3) is 0 Å². The Labute approximate surface area is 133 Å². The van der Waals surface area contributed by atoms with E-state index in [0.717, 1.165) is 16.1 Å². The summed E-state index contributed by atoms with van der Waals surface area (Å²) in [6, 6.07) is 11.8. The fourth-order valence-corrected chi connectivity index (χ4v) is 2.48. The van der Waals surface area contributed by atoms with Crippen LogP contribution in [0.1, 0.15) is 12.5 Å². The second-order valence-corrected chi connectivity index (χ2v) is 5.80. The molecule has 20 heavy (non-hydrogen) atoms. The van der Waals surface area contributed by atoms with Crippen molar-refractivity contribution < 1.29 is 0 Å². The summed E-state index contributed by atoms with van der Waals surface area (Å²) < 4.78 is 3.19. The molecule has 1 heterocycles. The average Bonchev–Trinajstić information content (AvgIpc) is 2.46. The molecule has 0 atom stereocenters. The number of nitrogens with one attached hydrogen (secondary N) is 1. The first-order chi connectivity index (χ1) is 9.58. The average molecular weight is 324 g/mol. The standard InChI is InChI=1S/C14H14ClN3S2/c1-9(16)13(19)10-7-12(14(15)17-8-10)18-20-11-5-3-2-4-6-11/h2-8,18-19H,16H2,1H3/b13-9-. The van der Waals surface area contributed by atoms with Crippen molar-refractivity contribution in [3.05, 3.63) is 59.0 Å². The molecule has 0 aliphatic carbocycles. The maximum Gasteiger partial charge on any atom is 0.152 e. The van der Waals surface area contributed by atoms with Gasteiger partial charge >= 0.3 is 0 Å². The molecule has 0 fully saturated rings. The smallest absolute Gasteiger partial charge is 0.152 e. The van der Waals surface area contributed by atoms with Crippen LogP contribution in [0.25, 0.3) is 4.91 Å². The number of allylic oxidation sites excluding steroid dienone is 1. The Morgan fingerprint density at radius 3 is 2.70 bits per heavy atom. The van der Waals surface area contributed by atoms with Crippen molar-refractivity contribution in [3.63, 3.8) is 0 Å². The number of aromatic nitrogens is 1. The summed E-state index contributed by atoms with van der Waals surface area (Å²) in [6.07, 6.45) is 1.65. The van der Waals surface area contributed by atoms with Gasteiger partial charge in [-0.2, -0.15) is 0 Å². The zero-order chi connectivity index (χ0) is 14.5. The van der Waals surface area contributed by atoms with Gasteiger partial charge in [0.05, 0.1) is 5.69 Å². The van der Waals surface area contributed by atoms with Crippen LogP contribution in [-0.2, 0) is 0 Å². The van der Waals surface area contributed by atoms with Crippen LogP contribution in [0.5, 0.6) is 0 Å². The number of pyridine rings is 1. The van der Waals surface area contributed by atoms with Crippen LogP contribution >= 0.6 is 36.2 Å². The zero-order valence-electron chi connectivity index (χ0n) is 10.8. The molecule has 2 rings (SSSR count). The monoisotopic (exact) mass is 323 g/mol. The van der Waals surface area contributed by atoms with Gasteiger partial charge in [-0.3, -0.25) is 0 Å². The predicted octanol–water partition coefficient (Wildman–Crippen LogP) is 4.43. The van der Waals surface area contributed by atoms with Gasteiger partial charge in [-0.1, -0.05) is 29.8 Å². The maximum absolute atomic E-state index is 6.09. The molecule has 104 valence electrons. The lowest BCUT2D eigenvalue weighted by atomic mass is 10.2. The highest BCUT2D eigenvalue weighted by atomic mass is 35.5. The quantitative estimate of drug-likeness (QED) is 0.442. The van der Waals surface area contributed by atoms with Crippen LogP contribution in [0.2, 0.25) is 5.15 Å². The third-order valence-corrected chi connectivity index (χ3v) is 4.25. The molecule has 6 heteroatoms. The molecule has 0 amide bonds. The van der Waals surface area contributed by atoms with Gasteiger partial charge in [-0.25, -0.2) is 4.98 Å². The van der Waals surface area contributed by atoms with Crippen LogP contribution in [0.15, 0.2) is 53.2 Å². The van der Waals surface area contributed by atoms with E-state index in [9.17, 15) is 0 Å². The van der Waals surface area contributed by atoms with E-state index in [1.165, 1.54) is 11.9 Å². The van der Waals surface area contributed by atoms with Gasteiger partial charge in [0.1, 0.15) is 0 Å². The maximum atomic E-state index is 6.09. The Hall–Kier alpha value is -1.30. The van der Waals surface area contributed by atoms with Crippen molar-refractivity contribution in [1.82, 2.24) is 4.98 Å². The van der Waals surface area contributed by atoms with Crippen LogP contribution in [-0.4, -0.2) is 4.98 Å². The third kappa shape index (κ3) is 3.85. The number of hydrogen-bond acceptors (Lipinski definition) is 5. The zero-order valence-corrected chi connectivity index (χ0v) is 13.3. The number of benzene rings is 1. The van der Waals surface area contributed by atoms with Gasteiger partial charge in [0, 0.05) is 27.3 Å². The summed E-state index contributed by atoms with van der Waals surface area (Å²) in [5.41, 5.74) is 7.93. The second-order valence-electron chi connectivity index (χ2n) is 4.11. The van der Waals surface area contributed by atoms with E-state index in [0.29, 0.717) is 15.8 Å². The molecule has 0 aliphatic heterocycles. The van der Waals surface area contributed by atoms with Crippen LogP contribution < -0.4 is 10.5 Å². The second kappa shape index (κ2) is 6.92. The molecular formula is C14H14ClN3S2. The van der Waals surface area contributed by atoms with Crippen LogP contribution in [0.4, 0.5) is 5.69 Å². The van der Waals surface area contributed by atoms with Crippen molar-refractivity contribution in [3.8, 4) is 0 Å². The highest BCUT2D eigenvalue weighted by molar-refractivity contribution is 8.00. The first-order valence-electron chi connectivity index (χ1n) is 5.87. The molecule has 0 bridgehead atoms. The molecule has 1 aromatic carbocycles. The van der Waals surface area contributed by atoms with E-state index in [-0.39, 0.29) is 0 Å². The molecule has 0 unspecified atom stereocenters. The van der Waals surface area contributed by atoms with E-state index in [1.807, 2.05) is 36.4 Å². The molecule has 0 radical (unpaired) electrons. The molecule has 0 saturated carbocycles. The summed E-state index contributed by atoms with van der Waals surface area (Å²) in [6.45, 7) is 1.79. The highest BCUT2D eigenvalue weighted by Crippen LogP contribution is 2.30. The van der Waals surface area contributed by atoms with E-state index in [2.05, 4.69) is 22.3 Å².